The second-order valence-corrected chi connectivity index (χ2v) is 11.3. The van der Waals surface area contributed by atoms with Gasteiger partial charge in [0.2, 0.25) is 0 Å². The van der Waals surface area contributed by atoms with Crippen LogP contribution in [0.3, 0.4) is 0 Å². The summed E-state index contributed by atoms with van der Waals surface area (Å²) in [5, 5.41) is 4.44. The van der Waals surface area contributed by atoms with Crippen LogP contribution in [0, 0.1) is 0 Å². The summed E-state index contributed by atoms with van der Waals surface area (Å²) < 4.78 is 35.2. The Hall–Kier alpha value is -5.67. The molecule has 0 saturated carbocycles. The Morgan fingerprint density at radius 2 is 1.22 bits per heavy atom. The molecule has 0 aliphatic carbocycles. The number of benzene rings is 5. The number of rotatable bonds is 17. The van der Waals surface area contributed by atoms with Gasteiger partial charge >= 0.3 is 0 Å². The average molecular weight is 695 g/mol. The Kier molecular flexibility index (Phi) is 13.0. The Bertz CT molecular complexity index is 1880. The van der Waals surface area contributed by atoms with Crippen molar-refractivity contribution in [3.63, 3.8) is 0 Å². The van der Waals surface area contributed by atoms with E-state index in [9.17, 15) is 4.79 Å². The minimum atomic E-state index is -0.419. The summed E-state index contributed by atoms with van der Waals surface area (Å²) in [5.41, 5.74) is 6.44. The summed E-state index contributed by atoms with van der Waals surface area (Å²) >= 11 is 6.62. The lowest BCUT2D eigenvalue weighted by Crippen LogP contribution is -2.17. The van der Waals surface area contributed by atoms with Gasteiger partial charge in [0.15, 0.2) is 34.5 Å². The van der Waals surface area contributed by atoms with E-state index >= 15 is 0 Å². The second kappa shape index (κ2) is 18.2. The molecule has 258 valence electrons. The molecule has 0 unspecified atom stereocenters. The van der Waals surface area contributed by atoms with Crippen molar-refractivity contribution in [2.45, 2.75) is 33.7 Å². The lowest BCUT2D eigenvalue weighted by atomic mass is 10.2. The van der Waals surface area contributed by atoms with Gasteiger partial charge in [-0.2, -0.15) is 5.10 Å². The molecule has 9 nitrogen and oxygen atoms in total. The van der Waals surface area contributed by atoms with Gasteiger partial charge in [0, 0.05) is 5.56 Å². The number of nitrogens with one attached hydrogen (secondary N) is 1. The molecule has 0 radical (unpaired) electrons. The maximum Gasteiger partial charge on any atom is 0.271 e. The number of carbonyl (C=O) groups is 1. The third kappa shape index (κ3) is 9.93. The third-order valence-corrected chi connectivity index (χ3v) is 7.58. The number of hydrogen-bond acceptors (Lipinski definition) is 8. The molecule has 0 atom stereocenters. The van der Waals surface area contributed by atoms with Crippen LogP contribution in [0.1, 0.15) is 46.5 Å². The Labute approximate surface area is 297 Å². The maximum atomic E-state index is 12.9. The number of amides is 1. The van der Waals surface area contributed by atoms with Crippen molar-refractivity contribution in [3.05, 3.63) is 142 Å². The first-order valence-electron chi connectivity index (χ1n) is 16.2. The van der Waals surface area contributed by atoms with Crippen molar-refractivity contribution in [2.24, 2.45) is 5.10 Å². The van der Waals surface area contributed by atoms with E-state index in [1.165, 1.54) is 13.3 Å². The van der Waals surface area contributed by atoms with Crippen molar-refractivity contribution in [2.75, 3.05) is 20.3 Å². The van der Waals surface area contributed by atoms with Crippen LogP contribution in [-0.4, -0.2) is 32.4 Å². The summed E-state index contributed by atoms with van der Waals surface area (Å²) in [7, 11) is 1.52. The van der Waals surface area contributed by atoms with Crippen LogP contribution in [0.5, 0.6) is 34.5 Å². The van der Waals surface area contributed by atoms with Gasteiger partial charge in [-0.1, -0.05) is 78.3 Å². The minimum absolute atomic E-state index is 0.207. The number of methoxy groups -OCH3 is 1. The smallest absolute Gasteiger partial charge is 0.271 e. The number of nitrogens with zero attached hydrogens (tertiary/aromatic N) is 1. The molecule has 0 saturated heterocycles. The van der Waals surface area contributed by atoms with Crippen LogP contribution < -0.4 is 33.8 Å². The summed E-state index contributed by atoms with van der Waals surface area (Å²) in [4.78, 5) is 12.9. The van der Waals surface area contributed by atoms with Gasteiger partial charge in [0.1, 0.15) is 19.8 Å². The normalized spacial score (nSPS) is 10.8. The van der Waals surface area contributed by atoms with E-state index in [2.05, 4.69) is 10.5 Å². The number of halogens is 1. The molecule has 1 N–H and O–H groups in total. The molecule has 5 aromatic carbocycles. The van der Waals surface area contributed by atoms with E-state index in [-0.39, 0.29) is 6.61 Å². The van der Waals surface area contributed by atoms with Crippen molar-refractivity contribution in [3.8, 4) is 34.5 Å². The van der Waals surface area contributed by atoms with Gasteiger partial charge < -0.3 is 28.4 Å². The van der Waals surface area contributed by atoms with E-state index in [4.69, 9.17) is 40.0 Å². The number of hydrazone groups is 1. The fourth-order valence-electron chi connectivity index (χ4n) is 4.88. The predicted octanol–water partition coefficient (Wildman–Crippen LogP) is 8.65. The van der Waals surface area contributed by atoms with Crippen LogP contribution in [0.2, 0.25) is 5.02 Å². The monoisotopic (exact) mass is 694 g/mol. The van der Waals surface area contributed by atoms with Gasteiger partial charge in [-0.15, -0.1) is 0 Å². The van der Waals surface area contributed by atoms with Gasteiger partial charge in [0.05, 0.1) is 31.6 Å². The van der Waals surface area contributed by atoms with Crippen LogP contribution in [0.4, 0.5) is 0 Å². The van der Waals surface area contributed by atoms with E-state index in [0.717, 1.165) is 16.7 Å². The average Bonchev–Trinajstić information content (AvgIpc) is 3.14. The van der Waals surface area contributed by atoms with Gasteiger partial charge in [-0.3, -0.25) is 4.79 Å². The largest absolute Gasteiger partial charge is 0.493 e. The molecular weight excluding hydrogens is 656 g/mol. The molecular formula is C40H39ClN2O7. The first-order valence-corrected chi connectivity index (χ1v) is 16.5. The Balaban J connectivity index is 1.20. The molecule has 0 fully saturated rings. The highest BCUT2D eigenvalue weighted by Crippen LogP contribution is 2.37. The summed E-state index contributed by atoms with van der Waals surface area (Å²) in [5.74, 6) is 2.63. The first kappa shape index (κ1) is 35.6. The topological polar surface area (TPSA) is 96.8 Å². The lowest BCUT2D eigenvalue weighted by molar-refractivity contribution is 0.0954. The van der Waals surface area contributed by atoms with Crippen LogP contribution in [0.15, 0.2) is 114 Å². The Morgan fingerprint density at radius 1 is 0.640 bits per heavy atom. The Morgan fingerprint density at radius 3 is 1.82 bits per heavy atom. The molecule has 5 aromatic rings. The van der Waals surface area contributed by atoms with Crippen molar-refractivity contribution < 1.29 is 33.2 Å². The van der Waals surface area contributed by atoms with Gasteiger partial charge in [-0.05, 0) is 78.6 Å². The maximum absolute atomic E-state index is 12.9. The molecule has 1 amide bonds. The number of hydrogen-bond donors (Lipinski definition) is 1. The predicted molar refractivity (Wildman–Crippen MR) is 194 cm³/mol. The molecule has 10 heteroatoms. The number of ether oxygens (including phenoxy) is 6. The SMILES string of the molecule is CCOc1cc(COc2c(Cl)cc(/C=N/NC(=O)c3ccc(OCc4ccccc4)c(OCC)c3)cc2OC)ccc1OCc1ccccc1. The van der Waals surface area contributed by atoms with Crippen molar-refractivity contribution >= 4 is 23.7 Å². The van der Waals surface area contributed by atoms with E-state index in [1.807, 2.05) is 92.7 Å². The third-order valence-electron chi connectivity index (χ3n) is 7.30. The molecule has 0 heterocycles. The molecule has 0 aliphatic rings. The fraction of sp³-hybridized carbons (Fsp3) is 0.200. The van der Waals surface area contributed by atoms with Crippen molar-refractivity contribution in [1.29, 1.82) is 0 Å². The molecule has 0 bridgehead atoms. The quantitative estimate of drug-likeness (QED) is 0.0769. The first-order chi connectivity index (χ1) is 24.5. The van der Waals surface area contributed by atoms with Crippen LogP contribution in [-0.2, 0) is 19.8 Å². The summed E-state index contributed by atoms with van der Waals surface area (Å²) in [6, 6.07) is 33.8. The highest BCUT2D eigenvalue weighted by Gasteiger charge is 2.15. The summed E-state index contributed by atoms with van der Waals surface area (Å²) in [6.45, 7) is 5.70. The molecule has 50 heavy (non-hydrogen) atoms. The zero-order chi connectivity index (χ0) is 35.1. The van der Waals surface area contributed by atoms with E-state index < -0.39 is 5.91 Å². The molecule has 0 spiro atoms. The number of carbonyl (C=O) groups excluding carboxylic acids is 1. The second-order valence-electron chi connectivity index (χ2n) is 10.9. The zero-order valence-electron chi connectivity index (χ0n) is 28.2. The lowest BCUT2D eigenvalue weighted by Gasteiger charge is -2.16. The summed E-state index contributed by atoms with van der Waals surface area (Å²) in [6.07, 6.45) is 1.47. The highest BCUT2D eigenvalue weighted by atomic mass is 35.5. The van der Waals surface area contributed by atoms with Crippen molar-refractivity contribution in [1.82, 2.24) is 5.43 Å². The minimum Gasteiger partial charge on any atom is -0.493 e. The van der Waals surface area contributed by atoms with Gasteiger partial charge in [-0.25, -0.2) is 5.43 Å². The molecule has 5 rings (SSSR count). The highest BCUT2D eigenvalue weighted by molar-refractivity contribution is 6.32. The van der Waals surface area contributed by atoms with E-state index in [1.54, 1.807) is 30.3 Å². The zero-order valence-corrected chi connectivity index (χ0v) is 28.9. The van der Waals surface area contributed by atoms with Crippen LogP contribution >= 0.6 is 11.6 Å². The van der Waals surface area contributed by atoms with E-state index in [0.29, 0.717) is 77.1 Å². The molecule has 0 aromatic heterocycles. The fourth-order valence-corrected chi connectivity index (χ4v) is 5.15. The standard InChI is InChI=1S/C40H39ClN2O7/c1-4-46-36-21-30(16-18-34(36)48-25-28-12-8-6-9-13-28)27-50-39-33(41)20-31(22-38(39)45-3)24-42-43-40(44)32-17-19-35(37(23-32)47-5-2)49-26-29-14-10-7-11-15-29/h6-24H,4-5,25-27H2,1-3H3,(H,43,44)/b42-24+. The van der Waals surface area contributed by atoms with Crippen LogP contribution in [0.25, 0.3) is 0 Å². The van der Waals surface area contributed by atoms with Gasteiger partial charge in [0.25, 0.3) is 5.91 Å². The molecule has 0 aliphatic heterocycles.